The molecule has 2 rings (SSSR count). The first-order valence-corrected chi connectivity index (χ1v) is 15.5. The van der Waals surface area contributed by atoms with E-state index in [4.69, 9.17) is 9.47 Å². The summed E-state index contributed by atoms with van der Waals surface area (Å²) < 4.78 is 124. The number of ether oxygens (including phenoxy) is 2. The summed E-state index contributed by atoms with van der Waals surface area (Å²) in [6.45, 7) is 0.121. The van der Waals surface area contributed by atoms with Crippen molar-refractivity contribution < 1.29 is 70.5 Å². The van der Waals surface area contributed by atoms with Gasteiger partial charge in [-0.05, 0) is 12.8 Å². The fourth-order valence-electron chi connectivity index (χ4n) is 4.46. The summed E-state index contributed by atoms with van der Waals surface area (Å²) in [4.78, 5) is 26.3. The first-order valence-electron chi connectivity index (χ1n) is 11.5. The van der Waals surface area contributed by atoms with Gasteiger partial charge in [-0.3, -0.25) is 22.1 Å². The lowest BCUT2D eigenvalue weighted by molar-refractivity contribution is -0.274. The third-order valence-electron chi connectivity index (χ3n) is 5.99. The van der Waals surface area contributed by atoms with Crippen molar-refractivity contribution in [3.05, 3.63) is 0 Å². The Morgan fingerprint density at radius 3 is 1.79 bits per heavy atom. The zero-order valence-corrected chi connectivity index (χ0v) is 23.3. The minimum atomic E-state index is -5.77. The maximum absolute atomic E-state index is 12.7. The van der Waals surface area contributed by atoms with Gasteiger partial charge < -0.3 is 33.3 Å². The molecule has 0 spiro atoms. The molecule has 1 aliphatic heterocycles. The van der Waals surface area contributed by atoms with Crippen molar-refractivity contribution in [1.29, 1.82) is 0 Å². The summed E-state index contributed by atoms with van der Waals surface area (Å²) >= 11 is 0. The van der Waals surface area contributed by atoms with Gasteiger partial charge in [0.25, 0.3) is 0 Å². The van der Waals surface area contributed by atoms with Gasteiger partial charge in [-0.15, -0.1) is 0 Å². The standard InChI is InChI=1S/C18H32N2O16S3/c1-11(21)20(12-7-5-3-4-6-8-12)10-14(22)19-9-13-15(34-37(23,24)25)16(35-38(26,27)28)17(18(32-2)33-13)36-39(29,30)31/h12-13,15-18H,3-10H2,1-2H3,(H,19,22)(H,23,24,25)(H,26,27,28)(H,29,30,31)/p-3/t13-,15-,16+,17+,18+/m1/s1. The lowest BCUT2D eigenvalue weighted by Gasteiger charge is -2.45. The van der Waals surface area contributed by atoms with Crippen LogP contribution < -0.4 is 5.32 Å². The van der Waals surface area contributed by atoms with E-state index < -0.39 is 80.9 Å². The van der Waals surface area contributed by atoms with Crippen molar-refractivity contribution in [2.75, 3.05) is 20.2 Å². The van der Waals surface area contributed by atoms with E-state index in [0.29, 0.717) is 12.8 Å². The van der Waals surface area contributed by atoms with Crippen LogP contribution in [0.2, 0.25) is 0 Å². The van der Waals surface area contributed by atoms with E-state index in [-0.39, 0.29) is 11.9 Å². The van der Waals surface area contributed by atoms with Gasteiger partial charge >= 0.3 is 0 Å². The van der Waals surface area contributed by atoms with E-state index in [0.717, 1.165) is 32.8 Å². The second kappa shape index (κ2) is 13.9. The van der Waals surface area contributed by atoms with Crippen molar-refractivity contribution in [2.45, 2.75) is 82.2 Å². The van der Waals surface area contributed by atoms with Crippen LogP contribution in [0.4, 0.5) is 0 Å². The molecule has 2 amide bonds. The maximum Gasteiger partial charge on any atom is 0.239 e. The molecular formula is C18H29N2O16S3-3. The third kappa shape index (κ3) is 11.5. The van der Waals surface area contributed by atoms with Crippen LogP contribution in [0.1, 0.15) is 45.4 Å². The highest BCUT2D eigenvalue weighted by atomic mass is 32.3. The molecule has 18 nitrogen and oxygen atoms in total. The average Bonchev–Trinajstić information content (AvgIpc) is 3.05. The number of carbonyl (C=O) groups is 2. The highest BCUT2D eigenvalue weighted by Crippen LogP contribution is 2.31. The molecule has 1 N–H and O–H groups in total. The maximum atomic E-state index is 12.7. The van der Waals surface area contributed by atoms with Crippen LogP contribution in [0, 0.1) is 0 Å². The summed E-state index contributed by atoms with van der Waals surface area (Å²) in [5.74, 6) is -1.15. The predicted octanol–water partition coefficient (Wildman–Crippen LogP) is -2.42. The molecule has 0 unspecified atom stereocenters. The summed E-state index contributed by atoms with van der Waals surface area (Å²) in [5, 5.41) is 2.31. The van der Waals surface area contributed by atoms with Gasteiger partial charge in [0, 0.05) is 26.6 Å². The second-order valence-electron chi connectivity index (χ2n) is 8.78. The molecule has 0 radical (unpaired) electrons. The highest BCUT2D eigenvalue weighted by Gasteiger charge is 2.51. The van der Waals surface area contributed by atoms with E-state index in [1.807, 2.05) is 0 Å². The van der Waals surface area contributed by atoms with Crippen molar-refractivity contribution in [2.24, 2.45) is 0 Å². The predicted molar refractivity (Wildman–Crippen MR) is 121 cm³/mol. The molecule has 0 bridgehead atoms. The molecule has 1 heterocycles. The monoisotopic (exact) mass is 625 g/mol. The Balaban J connectivity index is 2.30. The number of rotatable bonds is 12. The normalized spacial score (nSPS) is 27.5. The van der Waals surface area contributed by atoms with Crippen molar-refractivity contribution in [3.8, 4) is 0 Å². The summed E-state index contributed by atoms with van der Waals surface area (Å²) in [6, 6.07) is -0.201. The summed E-state index contributed by atoms with van der Waals surface area (Å²) in [7, 11) is -16.3. The Hall–Kier alpha value is -1.53. The Kier molecular flexibility index (Phi) is 12.0. The van der Waals surface area contributed by atoms with Crippen LogP contribution in [0.25, 0.3) is 0 Å². The molecule has 228 valence electrons. The summed E-state index contributed by atoms with van der Waals surface area (Å²) in [6.07, 6.45) is -6.25. The smallest absolute Gasteiger partial charge is 0.239 e. The van der Waals surface area contributed by atoms with Gasteiger partial charge in [-0.2, -0.15) is 0 Å². The number of amides is 2. The number of nitrogens with zero attached hydrogens (tertiary/aromatic N) is 1. The SMILES string of the molecule is CO[C@H]1O[C@H](CNC(=O)CN(C(C)=O)C2CCCCCC2)[C@@H](OS(=O)(=O)[O-])[C@H](OS(=O)(=O)[O-])[C@@H]1OS(=O)(=O)[O-]. The van der Waals surface area contributed by atoms with Gasteiger partial charge in [0.15, 0.2) is 12.4 Å². The van der Waals surface area contributed by atoms with E-state index in [2.05, 4.69) is 17.9 Å². The highest BCUT2D eigenvalue weighted by molar-refractivity contribution is 7.81. The summed E-state index contributed by atoms with van der Waals surface area (Å²) in [5.41, 5.74) is 0. The van der Waals surface area contributed by atoms with Crippen molar-refractivity contribution in [3.63, 3.8) is 0 Å². The minimum absolute atomic E-state index is 0.201. The van der Waals surface area contributed by atoms with Gasteiger partial charge in [0.1, 0.15) is 18.3 Å². The topological polar surface area (TPSA) is 267 Å². The van der Waals surface area contributed by atoms with Gasteiger partial charge in [0.2, 0.25) is 43.0 Å². The number of carbonyl (C=O) groups excluding carboxylic acids is 2. The van der Waals surface area contributed by atoms with Gasteiger partial charge in [-0.25, -0.2) is 25.3 Å². The van der Waals surface area contributed by atoms with E-state index in [1.165, 1.54) is 11.8 Å². The molecule has 2 aliphatic rings. The molecule has 2 fully saturated rings. The van der Waals surface area contributed by atoms with Gasteiger partial charge in [0.05, 0.1) is 6.54 Å². The van der Waals surface area contributed by atoms with E-state index in [1.54, 1.807) is 0 Å². The molecule has 1 saturated carbocycles. The fourth-order valence-corrected chi connectivity index (χ4v) is 5.93. The van der Waals surface area contributed by atoms with E-state index >= 15 is 0 Å². The van der Waals surface area contributed by atoms with Gasteiger partial charge in [-0.1, -0.05) is 25.7 Å². The second-order valence-corrected chi connectivity index (χ2v) is 11.8. The molecule has 0 aromatic rings. The number of methoxy groups -OCH3 is 1. The third-order valence-corrected chi connectivity index (χ3v) is 7.37. The van der Waals surface area contributed by atoms with Crippen LogP contribution in [0.5, 0.6) is 0 Å². The average molecular weight is 626 g/mol. The molecular weight excluding hydrogens is 596 g/mol. The Bertz CT molecular complexity index is 1170. The largest absolute Gasteiger partial charge is 0.726 e. The van der Waals surface area contributed by atoms with Crippen molar-refractivity contribution >= 4 is 43.0 Å². The van der Waals surface area contributed by atoms with Crippen molar-refractivity contribution in [1.82, 2.24) is 10.2 Å². The molecule has 1 aliphatic carbocycles. The first kappa shape index (κ1) is 33.7. The zero-order valence-electron chi connectivity index (χ0n) is 20.8. The molecule has 39 heavy (non-hydrogen) atoms. The molecule has 5 atom stereocenters. The van der Waals surface area contributed by atoms with Crippen LogP contribution in [-0.2, 0) is 62.8 Å². The lowest BCUT2D eigenvalue weighted by atomic mass is 9.99. The zero-order chi connectivity index (χ0) is 29.6. The van der Waals surface area contributed by atoms with E-state index in [9.17, 15) is 48.5 Å². The molecule has 0 aromatic carbocycles. The minimum Gasteiger partial charge on any atom is -0.726 e. The molecule has 21 heteroatoms. The lowest BCUT2D eigenvalue weighted by Crippen LogP contribution is -2.64. The van der Waals surface area contributed by atoms with Crippen LogP contribution in [-0.4, -0.2) is 113 Å². The molecule has 1 saturated heterocycles. The number of nitrogens with one attached hydrogen (secondary N) is 1. The van der Waals surface area contributed by atoms with Crippen LogP contribution in [0.3, 0.4) is 0 Å². The molecule has 0 aromatic heterocycles. The number of hydrogen-bond acceptors (Lipinski definition) is 16. The Labute approximate surface area is 226 Å². The quantitative estimate of drug-likeness (QED) is 0.134. The fraction of sp³-hybridized carbons (Fsp3) is 0.889. The Morgan fingerprint density at radius 1 is 0.846 bits per heavy atom. The van der Waals surface area contributed by atoms with Crippen LogP contribution >= 0.6 is 0 Å². The van der Waals surface area contributed by atoms with Crippen LogP contribution in [0.15, 0.2) is 0 Å². The Morgan fingerprint density at radius 2 is 1.33 bits per heavy atom. The first-order chi connectivity index (χ1) is 17.9. The number of hydrogen-bond donors (Lipinski definition) is 1.